The van der Waals surface area contributed by atoms with Crippen molar-refractivity contribution >= 4 is 0 Å². The van der Waals surface area contributed by atoms with Crippen molar-refractivity contribution < 1.29 is 9.47 Å². The van der Waals surface area contributed by atoms with Gasteiger partial charge in [0.05, 0.1) is 0 Å². The van der Waals surface area contributed by atoms with E-state index >= 15 is 0 Å². The molecule has 0 aromatic carbocycles. The molecule has 0 atom stereocenters. The van der Waals surface area contributed by atoms with Gasteiger partial charge in [-0.15, -0.1) is 0 Å². The van der Waals surface area contributed by atoms with E-state index in [1.165, 1.54) is 24.8 Å². The number of hydrogen-bond acceptors (Lipinski definition) is 2. The topological polar surface area (TPSA) is 18.5 Å². The van der Waals surface area contributed by atoms with Crippen molar-refractivity contribution in [2.75, 3.05) is 13.2 Å². The minimum atomic E-state index is -0.437. The Morgan fingerprint density at radius 3 is 2.00 bits per heavy atom. The molecule has 0 aliphatic carbocycles. The highest BCUT2D eigenvalue weighted by Crippen LogP contribution is 2.21. The van der Waals surface area contributed by atoms with Crippen LogP contribution in [0.25, 0.3) is 0 Å². The predicted molar refractivity (Wildman–Crippen MR) is 106 cm³/mol. The Balaban J connectivity index is 4.09. The van der Waals surface area contributed by atoms with Gasteiger partial charge in [-0.1, -0.05) is 43.6 Å². The molecule has 0 bridgehead atoms. The van der Waals surface area contributed by atoms with Crippen molar-refractivity contribution in [2.45, 2.75) is 99.2 Å². The molecule has 2 nitrogen and oxygen atoms in total. The van der Waals surface area contributed by atoms with Gasteiger partial charge in [-0.05, 0) is 72.6 Å². The molecular formula is C22H42O2. The Kier molecular flexibility index (Phi) is 13.3. The van der Waals surface area contributed by atoms with Gasteiger partial charge >= 0.3 is 0 Å². The van der Waals surface area contributed by atoms with Gasteiger partial charge in [0.15, 0.2) is 5.79 Å². The van der Waals surface area contributed by atoms with Crippen LogP contribution in [0, 0.1) is 5.92 Å². The van der Waals surface area contributed by atoms with Gasteiger partial charge in [-0.2, -0.15) is 0 Å². The lowest BCUT2D eigenvalue weighted by Gasteiger charge is -2.28. The van der Waals surface area contributed by atoms with Gasteiger partial charge in [0, 0.05) is 19.6 Å². The zero-order valence-corrected chi connectivity index (χ0v) is 17.4. The number of rotatable bonds is 14. The van der Waals surface area contributed by atoms with Gasteiger partial charge in [0.2, 0.25) is 0 Å². The van der Waals surface area contributed by atoms with Crippen LogP contribution in [0.1, 0.15) is 93.4 Å². The minimum absolute atomic E-state index is 0.437. The van der Waals surface area contributed by atoms with E-state index < -0.39 is 5.79 Å². The zero-order chi connectivity index (χ0) is 18.4. The van der Waals surface area contributed by atoms with Gasteiger partial charge < -0.3 is 9.47 Å². The third kappa shape index (κ3) is 12.8. The Hall–Kier alpha value is -0.600. The van der Waals surface area contributed by atoms with Crippen LogP contribution in [0.3, 0.4) is 0 Å². The molecule has 0 saturated heterocycles. The fourth-order valence-electron chi connectivity index (χ4n) is 2.92. The van der Waals surface area contributed by atoms with Crippen LogP contribution < -0.4 is 0 Å². The summed E-state index contributed by atoms with van der Waals surface area (Å²) in [6.45, 7) is 16.6. The normalized spacial score (nSPS) is 13.8. The highest BCUT2D eigenvalue weighted by atomic mass is 16.7. The predicted octanol–water partition coefficient (Wildman–Crippen LogP) is 7.05. The van der Waals surface area contributed by atoms with Crippen LogP contribution in [0.15, 0.2) is 23.3 Å². The van der Waals surface area contributed by atoms with Crippen LogP contribution >= 0.6 is 0 Å². The third-order valence-electron chi connectivity index (χ3n) is 4.37. The Labute approximate surface area is 151 Å². The first-order valence-corrected chi connectivity index (χ1v) is 9.92. The van der Waals surface area contributed by atoms with Crippen molar-refractivity contribution in [1.82, 2.24) is 0 Å². The Bertz CT molecular complexity index is 360. The lowest BCUT2D eigenvalue weighted by atomic mass is 10.0. The maximum Gasteiger partial charge on any atom is 0.165 e. The van der Waals surface area contributed by atoms with Gasteiger partial charge in [0.1, 0.15) is 0 Å². The monoisotopic (exact) mass is 338 g/mol. The fraction of sp³-hybridized carbons (Fsp3) is 0.818. The van der Waals surface area contributed by atoms with Crippen LogP contribution in [0.5, 0.6) is 0 Å². The number of allylic oxidation sites excluding steroid dienone is 4. The second kappa shape index (κ2) is 13.7. The van der Waals surface area contributed by atoms with Gasteiger partial charge in [0.25, 0.3) is 0 Å². The summed E-state index contributed by atoms with van der Waals surface area (Å²) in [6, 6.07) is 0. The quantitative estimate of drug-likeness (QED) is 0.249. The molecule has 0 aliphatic heterocycles. The summed E-state index contributed by atoms with van der Waals surface area (Å²) < 4.78 is 11.5. The third-order valence-corrected chi connectivity index (χ3v) is 4.37. The maximum atomic E-state index is 5.76. The Morgan fingerprint density at radius 1 is 0.917 bits per heavy atom. The molecule has 0 radical (unpaired) electrons. The second-order valence-corrected chi connectivity index (χ2v) is 7.46. The van der Waals surface area contributed by atoms with Crippen LogP contribution in [0.2, 0.25) is 0 Å². The van der Waals surface area contributed by atoms with E-state index in [2.05, 4.69) is 39.8 Å². The van der Waals surface area contributed by atoms with E-state index in [1.54, 1.807) is 5.57 Å². The van der Waals surface area contributed by atoms with E-state index in [0.717, 1.165) is 31.6 Å². The molecule has 0 amide bonds. The highest BCUT2D eigenvalue weighted by Gasteiger charge is 2.23. The summed E-state index contributed by atoms with van der Waals surface area (Å²) in [7, 11) is 0. The molecule has 2 heteroatoms. The first-order valence-electron chi connectivity index (χ1n) is 9.92. The molecule has 0 aromatic heterocycles. The molecule has 0 fully saturated rings. The SMILES string of the molecule is CCOC(C)(CCC=C(C)CCC=C(C)CCCC(C)C)OCC. The van der Waals surface area contributed by atoms with Crippen molar-refractivity contribution in [2.24, 2.45) is 5.92 Å². The lowest BCUT2D eigenvalue weighted by Crippen LogP contribution is -2.32. The summed E-state index contributed by atoms with van der Waals surface area (Å²) >= 11 is 0. The smallest absolute Gasteiger partial charge is 0.165 e. The fourth-order valence-corrected chi connectivity index (χ4v) is 2.92. The Morgan fingerprint density at radius 2 is 1.46 bits per heavy atom. The van der Waals surface area contributed by atoms with Crippen LogP contribution in [-0.4, -0.2) is 19.0 Å². The van der Waals surface area contributed by atoms with Crippen LogP contribution in [0.4, 0.5) is 0 Å². The van der Waals surface area contributed by atoms with E-state index in [1.807, 2.05) is 20.8 Å². The highest BCUT2D eigenvalue weighted by molar-refractivity contribution is 5.03. The molecule has 0 heterocycles. The van der Waals surface area contributed by atoms with Crippen molar-refractivity contribution in [3.05, 3.63) is 23.3 Å². The molecule has 24 heavy (non-hydrogen) atoms. The zero-order valence-electron chi connectivity index (χ0n) is 17.4. The maximum absolute atomic E-state index is 5.76. The molecule has 0 aliphatic rings. The lowest BCUT2D eigenvalue weighted by molar-refractivity contribution is -0.223. The second-order valence-electron chi connectivity index (χ2n) is 7.46. The van der Waals surface area contributed by atoms with E-state index in [4.69, 9.17) is 9.47 Å². The molecule has 0 N–H and O–H groups in total. The van der Waals surface area contributed by atoms with Gasteiger partial charge in [-0.25, -0.2) is 0 Å². The van der Waals surface area contributed by atoms with Gasteiger partial charge in [-0.3, -0.25) is 0 Å². The number of hydrogen-bond donors (Lipinski definition) is 0. The molecule has 0 aromatic rings. The summed E-state index contributed by atoms with van der Waals surface area (Å²) in [5.41, 5.74) is 3.01. The first kappa shape index (κ1) is 23.4. The average Bonchev–Trinajstić information content (AvgIpc) is 2.47. The molecular weight excluding hydrogens is 296 g/mol. The average molecular weight is 339 g/mol. The molecule has 142 valence electrons. The summed E-state index contributed by atoms with van der Waals surface area (Å²) in [5.74, 6) is 0.384. The van der Waals surface area contributed by atoms with Crippen molar-refractivity contribution in [3.63, 3.8) is 0 Å². The van der Waals surface area contributed by atoms with Crippen LogP contribution in [-0.2, 0) is 9.47 Å². The molecule has 0 rings (SSSR count). The summed E-state index contributed by atoms with van der Waals surface area (Å²) in [5, 5.41) is 0. The summed E-state index contributed by atoms with van der Waals surface area (Å²) in [6.07, 6.45) is 12.9. The molecule has 0 saturated carbocycles. The van der Waals surface area contributed by atoms with E-state index in [-0.39, 0.29) is 0 Å². The first-order chi connectivity index (χ1) is 11.3. The van der Waals surface area contributed by atoms with E-state index in [0.29, 0.717) is 13.2 Å². The largest absolute Gasteiger partial charge is 0.351 e. The molecule has 0 unspecified atom stereocenters. The number of ether oxygens (including phenoxy) is 2. The van der Waals surface area contributed by atoms with Crippen molar-refractivity contribution in [1.29, 1.82) is 0 Å². The summed E-state index contributed by atoms with van der Waals surface area (Å²) in [4.78, 5) is 0. The van der Waals surface area contributed by atoms with E-state index in [9.17, 15) is 0 Å². The minimum Gasteiger partial charge on any atom is -0.351 e. The van der Waals surface area contributed by atoms with Crippen molar-refractivity contribution in [3.8, 4) is 0 Å². The standard InChI is InChI=1S/C22H42O2/c1-8-23-22(7,24-9-2)18-12-17-21(6)16-11-15-20(5)14-10-13-19(3)4/h15,17,19H,8-14,16,18H2,1-7H3. The molecule has 0 spiro atoms.